The summed E-state index contributed by atoms with van der Waals surface area (Å²) in [5.41, 5.74) is 4.99. The Morgan fingerprint density at radius 1 is 1.00 bits per heavy atom. The van der Waals surface area contributed by atoms with Gasteiger partial charge in [0.2, 0.25) is 6.79 Å². The standard InChI is InChI=1S/C26H23N3O5/c1-4-17-7-5-6-8-21(17)28-15(2)11-18(16(28)3)12-20-24(30)27-26(32)29(25(20)31)19-9-10-22-23(13-19)34-14-33-22/h5-13H,4,14H2,1-3H3,(H,27,30,32)/b20-12+. The van der Waals surface area contributed by atoms with Gasteiger partial charge in [0.25, 0.3) is 11.8 Å². The van der Waals surface area contributed by atoms with Crippen molar-refractivity contribution in [3.63, 3.8) is 0 Å². The molecule has 1 saturated heterocycles. The Morgan fingerprint density at radius 2 is 1.76 bits per heavy atom. The Morgan fingerprint density at radius 3 is 2.56 bits per heavy atom. The maximum atomic E-state index is 13.3. The number of fused-ring (bicyclic) bond motifs is 1. The summed E-state index contributed by atoms with van der Waals surface area (Å²) < 4.78 is 12.8. The zero-order valence-corrected chi connectivity index (χ0v) is 19.0. The molecule has 0 unspecified atom stereocenters. The van der Waals surface area contributed by atoms with Crippen molar-refractivity contribution in [3.05, 3.63) is 76.6 Å². The molecule has 2 aromatic carbocycles. The van der Waals surface area contributed by atoms with Gasteiger partial charge in [0.15, 0.2) is 11.5 Å². The number of hydrogen-bond acceptors (Lipinski definition) is 5. The SMILES string of the molecule is CCc1ccccc1-n1c(C)cc(/C=C2\C(=O)NC(=O)N(c3ccc4c(c3)OCO4)C2=O)c1C. The number of para-hydroxylation sites is 1. The predicted molar refractivity (Wildman–Crippen MR) is 126 cm³/mol. The van der Waals surface area contributed by atoms with E-state index in [0.29, 0.717) is 11.5 Å². The molecule has 0 spiro atoms. The van der Waals surface area contributed by atoms with Crippen LogP contribution in [0.3, 0.4) is 0 Å². The number of urea groups is 1. The molecular weight excluding hydrogens is 434 g/mol. The van der Waals surface area contributed by atoms with E-state index in [4.69, 9.17) is 9.47 Å². The Balaban J connectivity index is 1.55. The number of imide groups is 2. The summed E-state index contributed by atoms with van der Waals surface area (Å²) in [4.78, 5) is 39.5. The van der Waals surface area contributed by atoms with Gasteiger partial charge in [-0.2, -0.15) is 0 Å². The molecule has 34 heavy (non-hydrogen) atoms. The molecule has 0 aliphatic carbocycles. The third kappa shape index (κ3) is 3.44. The number of barbiturate groups is 1. The van der Waals surface area contributed by atoms with Crippen LogP contribution in [0.1, 0.15) is 29.4 Å². The van der Waals surface area contributed by atoms with Crippen LogP contribution in [0.5, 0.6) is 11.5 Å². The second kappa shape index (κ2) is 8.22. The average molecular weight is 457 g/mol. The van der Waals surface area contributed by atoms with Crippen molar-refractivity contribution < 1.29 is 23.9 Å². The molecule has 3 aromatic rings. The number of anilines is 1. The van der Waals surface area contributed by atoms with Crippen LogP contribution in [0.25, 0.3) is 11.8 Å². The molecule has 2 aliphatic heterocycles. The van der Waals surface area contributed by atoms with Crippen LogP contribution in [0.15, 0.2) is 54.1 Å². The largest absolute Gasteiger partial charge is 0.454 e. The lowest BCUT2D eigenvalue weighted by Gasteiger charge is -2.26. The fourth-order valence-electron chi connectivity index (χ4n) is 4.40. The Labute approximate surface area is 196 Å². The monoisotopic (exact) mass is 457 g/mol. The first-order valence-corrected chi connectivity index (χ1v) is 11.0. The minimum absolute atomic E-state index is 0.0688. The van der Waals surface area contributed by atoms with E-state index < -0.39 is 17.8 Å². The maximum absolute atomic E-state index is 13.3. The molecule has 1 N–H and O–H groups in total. The van der Waals surface area contributed by atoms with Crippen LogP contribution in [-0.4, -0.2) is 29.2 Å². The number of nitrogens with zero attached hydrogens (tertiary/aromatic N) is 2. The highest BCUT2D eigenvalue weighted by molar-refractivity contribution is 6.39. The third-order valence-corrected chi connectivity index (χ3v) is 6.10. The van der Waals surface area contributed by atoms with E-state index in [1.54, 1.807) is 18.2 Å². The second-order valence-electron chi connectivity index (χ2n) is 8.14. The molecule has 0 radical (unpaired) electrons. The maximum Gasteiger partial charge on any atom is 0.335 e. The van der Waals surface area contributed by atoms with E-state index in [1.807, 2.05) is 38.1 Å². The molecule has 1 aromatic heterocycles. The van der Waals surface area contributed by atoms with E-state index in [2.05, 4.69) is 22.9 Å². The molecule has 5 rings (SSSR count). The summed E-state index contributed by atoms with van der Waals surface area (Å²) in [6.07, 6.45) is 2.41. The van der Waals surface area contributed by atoms with Crippen molar-refractivity contribution in [2.24, 2.45) is 0 Å². The van der Waals surface area contributed by atoms with Gasteiger partial charge in [-0.05, 0) is 61.7 Å². The smallest absolute Gasteiger partial charge is 0.335 e. The average Bonchev–Trinajstić information content (AvgIpc) is 3.39. The number of aryl methyl sites for hydroxylation is 2. The van der Waals surface area contributed by atoms with Crippen LogP contribution < -0.4 is 19.7 Å². The minimum atomic E-state index is -0.812. The van der Waals surface area contributed by atoms with Gasteiger partial charge in [-0.3, -0.25) is 14.9 Å². The fraction of sp³-hybridized carbons (Fsp3) is 0.192. The van der Waals surface area contributed by atoms with Gasteiger partial charge in [0.1, 0.15) is 5.57 Å². The van der Waals surface area contributed by atoms with Crippen molar-refractivity contribution >= 4 is 29.6 Å². The fourth-order valence-corrected chi connectivity index (χ4v) is 4.40. The van der Waals surface area contributed by atoms with E-state index in [9.17, 15) is 14.4 Å². The highest BCUT2D eigenvalue weighted by Crippen LogP contribution is 2.36. The van der Waals surface area contributed by atoms with Gasteiger partial charge in [0.05, 0.1) is 5.69 Å². The lowest BCUT2D eigenvalue weighted by atomic mass is 10.1. The van der Waals surface area contributed by atoms with Crippen LogP contribution in [0, 0.1) is 13.8 Å². The second-order valence-corrected chi connectivity index (χ2v) is 8.14. The summed E-state index contributed by atoms with van der Waals surface area (Å²) in [5, 5.41) is 2.27. The van der Waals surface area contributed by atoms with Gasteiger partial charge >= 0.3 is 6.03 Å². The normalized spacial score (nSPS) is 16.4. The molecule has 2 aliphatic rings. The summed E-state index contributed by atoms with van der Waals surface area (Å²) in [6.45, 7) is 6.09. The number of carbonyl (C=O) groups excluding carboxylic acids is 3. The first-order valence-electron chi connectivity index (χ1n) is 11.0. The first kappa shape index (κ1) is 21.5. The molecule has 0 saturated carbocycles. The van der Waals surface area contributed by atoms with Gasteiger partial charge in [-0.15, -0.1) is 0 Å². The Bertz CT molecular complexity index is 1390. The van der Waals surface area contributed by atoms with E-state index in [-0.39, 0.29) is 18.1 Å². The minimum Gasteiger partial charge on any atom is -0.454 e. The molecule has 8 heteroatoms. The number of nitrogens with one attached hydrogen (secondary N) is 1. The van der Waals surface area contributed by atoms with Crippen molar-refractivity contribution in [1.29, 1.82) is 0 Å². The molecule has 172 valence electrons. The topological polar surface area (TPSA) is 89.9 Å². The highest BCUT2D eigenvalue weighted by atomic mass is 16.7. The lowest BCUT2D eigenvalue weighted by molar-refractivity contribution is -0.122. The summed E-state index contributed by atoms with van der Waals surface area (Å²) in [7, 11) is 0. The molecule has 4 amide bonds. The molecule has 0 bridgehead atoms. The van der Waals surface area contributed by atoms with Crippen molar-refractivity contribution in [3.8, 4) is 17.2 Å². The number of carbonyl (C=O) groups is 3. The van der Waals surface area contributed by atoms with Crippen molar-refractivity contribution in [1.82, 2.24) is 9.88 Å². The summed E-state index contributed by atoms with van der Waals surface area (Å²) in [6, 6.07) is 14.0. The van der Waals surface area contributed by atoms with Crippen LogP contribution >= 0.6 is 0 Å². The third-order valence-electron chi connectivity index (χ3n) is 6.10. The number of amides is 4. The van der Waals surface area contributed by atoms with Gasteiger partial charge in [-0.1, -0.05) is 25.1 Å². The number of ether oxygens (including phenoxy) is 2. The molecule has 0 atom stereocenters. The number of benzene rings is 2. The van der Waals surface area contributed by atoms with Crippen LogP contribution in [-0.2, 0) is 16.0 Å². The Hall–Kier alpha value is -4.33. The summed E-state index contributed by atoms with van der Waals surface area (Å²) in [5.74, 6) is -0.476. The number of hydrogen-bond donors (Lipinski definition) is 1. The van der Waals surface area contributed by atoms with Crippen molar-refractivity contribution in [2.75, 3.05) is 11.7 Å². The van der Waals surface area contributed by atoms with Crippen molar-refractivity contribution in [2.45, 2.75) is 27.2 Å². The molecule has 1 fully saturated rings. The van der Waals surface area contributed by atoms with E-state index in [1.165, 1.54) is 11.6 Å². The summed E-state index contributed by atoms with van der Waals surface area (Å²) >= 11 is 0. The van der Waals surface area contributed by atoms with Crippen LogP contribution in [0.4, 0.5) is 10.5 Å². The van der Waals surface area contributed by atoms with Gasteiger partial charge in [0, 0.05) is 23.1 Å². The number of rotatable bonds is 4. The van der Waals surface area contributed by atoms with Crippen LogP contribution in [0.2, 0.25) is 0 Å². The highest BCUT2D eigenvalue weighted by Gasteiger charge is 2.37. The number of aromatic nitrogens is 1. The van der Waals surface area contributed by atoms with Gasteiger partial charge < -0.3 is 14.0 Å². The zero-order chi connectivity index (χ0) is 24.0. The molecule has 3 heterocycles. The van der Waals surface area contributed by atoms with Gasteiger partial charge in [-0.25, -0.2) is 9.69 Å². The first-order chi connectivity index (χ1) is 16.4. The molecule has 8 nitrogen and oxygen atoms in total. The van der Waals surface area contributed by atoms with E-state index in [0.717, 1.165) is 34.0 Å². The molecular formula is C26H23N3O5. The van der Waals surface area contributed by atoms with E-state index >= 15 is 0 Å². The lowest BCUT2D eigenvalue weighted by Crippen LogP contribution is -2.54. The zero-order valence-electron chi connectivity index (χ0n) is 19.0. The quantitative estimate of drug-likeness (QED) is 0.472. The Kier molecular flexibility index (Phi) is 5.20. The predicted octanol–water partition coefficient (Wildman–Crippen LogP) is 4.05.